The molecule has 0 bridgehead atoms. The zero-order chi connectivity index (χ0) is 16.2. The van der Waals surface area contributed by atoms with Gasteiger partial charge in [-0.1, -0.05) is 30.3 Å². The van der Waals surface area contributed by atoms with E-state index in [4.69, 9.17) is 0 Å². The lowest BCUT2D eigenvalue weighted by Gasteiger charge is -2.19. The molecule has 0 atom stereocenters. The first-order chi connectivity index (χ1) is 11.1. The summed E-state index contributed by atoms with van der Waals surface area (Å²) in [5.74, 6) is -0.224. The molecule has 1 amide bonds. The Kier molecular flexibility index (Phi) is 4.37. The van der Waals surface area contributed by atoms with Gasteiger partial charge in [-0.15, -0.1) is 0 Å². The lowest BCUT2D eigenvalue weighted by atomic mass is 9.90. The molecule has 5 nitrogen and oxygen atoms in total. The maximum atomic E-state index is 12.3. The Bertz CT molecular complexity index is 756. The van der Waals surface area contributed by atoms with Gasteiger partial charge in [0, 0.05) is 17.3 Å². The van der Waals surface area contributed by atoms with Gasteiger partial charge in [-0.3, -0.25) is 14.9 Å². The van der Waals surface area contributed by atoms with Crippen molar-refractivity contribution >= 4 is 17.3 Å². The zero-order valence-electron chi connectivity index (χ0n) is 12.7. The molecule has 0 unspecified atom stereocenters. The van der Waals surface area contributed by atoms with Crippen molar-refractivity contribution in [2.45, 2.75) is 32.1 Å². The number of benzene rings is 2. The summed E-state index contributed by atoms with van der Waals surface area (Å²) in [4.78, 5) is 22.9. The number of fused-ring (bicyclic) bond motifs is 1. The fourth-order valence-corrected chi connectivity index (χ4v) is 3.10. The predicted octanol–water partition coefficient (Wildman–Crippen LogP) is 3.65. The molecule has 0 radical (unpaired) electrons. The third-order valence-electron chi connectivity index (χ3n) is 4.21. The van der Waals surface area contributed by atoms with E-state index in [9.17, 15) is 14.9 Å². The Hall–Kier alpha value is -2.69. The van der Waals surface area contributed by atoms with Gasteiger partial charge in [-0.05, 0) is 42.9 Å². The van der Waals surface area contributed by atoms with Crippen LogP contribution in [0.1, 0.15) is 29.5 Å². The Labute approximate surface area is 134 Å². The lowest BCUT2D eigenvalue weighted by molar-refractivity contribution is -0.385. The van der Waals surface area contributed by atoms with Crippen LogP contribution in [0.4, 0.5) is 11.4 Å². The van der Waals surface area contributed by atoms with Crippen LogP contribution in [-0.4, -0.2) is 10.8 Å². The molecular formula is C18H18N2O3. The molecule has 118 valence electrons. The molecule has 0 saturated carbocycles. The molecule has 23 heavy (non-hydrogen) atoms. The second kappa shape index (κ2) is 6.60. The maximum absolute atomic E-state index is 12.3. The number of nitro groups is 1. The monoisotopic (exact) mass is 310 g/mol. The molecular weight excluding hydrogens is 292 g/mol. The average molecular weight is 310 g/mol. The molecule has 0 heterocycles. The van der Waals surface area contributed by atoms with E-state index in [-0.39, 0.29) is 18.0 Å². The third-order valence-corrected chi connectivity index (χ3v) is 4.21. The topological polar surface area (TPSA) is 72.2 Å². The number of aryl methyl sites for hydroxylation is 1. The number of carbonyl (C=O) groups is 1. The van der Waals surface area contributed by atoms with Gasteiger partial charge in [-0.2, -0.15) is 0 Å². The van der Waals surface area contributed by atoms with Gasteiger partial charge in [0.1, 0.15) is 0 Å². The van der Waals surface area contributed by atoms with Crippen molar-refractivity contribution in [1.82, 2.24) is 0 Å². The van der Waals surface area contributed by atoms with Crippen molar-refractivity contribution in [3.63, 3.8) is 0 Å². The number of rotatable bonds is 4. The van der Waals surface area contributed by atoms with E-state index in [1.54, 1.807) is 18.2 Å². The van der Waals surface area contributed by atoms with Crippen LogP contribution >= 0.6 is 0 Å². The summed E-state index contributed by atoms with van der Waals surface area (Å²) >= 11 is 0. The minimum Gasteiger partial charge on any atom is -0.326 e. The van der Waals surface area contributed by atoms with Crippen molar-refractivity contribution in [2.24, 2.45) is 0 Å². The fraction of sp³-hybridized carbons (Fsp3) is 0.278. The standard InChI is InChI=1S/C18H18N2O3/c21-18(12-14-7-2-4-11-17(14)20(22)23)19-16-10-5-8-13-6-1-3-9-15(13)16/h2,4-5,7-8,10-11H,1,3,6,9,12H2,(H,19,21). The number of hydrogen-bond donors (Lipinski definition) is 1. The first-order valence-electron chi connectivity index (χ1n) is 7.78. The number of nitrogens with zero attached hydrogens (tertiary/aromatic N) is 1. The summed E-state index contributed by atoms with van der Waals surface area (Å²) in [5, 5.41) is 14.0. The largest absolute Gasteiger partial charge is 0.326 e. The van der Waals surface area contributed by atoms with Gasteiger partial charge in [0.15, 0.2) is 0 Å². The molecule has 1 aliphatic carbocycles. The smallest absolute Gasteiger partial charge is 0.273 e. The van der Waals surface area contributed by atoms with Gasteiger partial charge in [0.05, 0.1) is 11.3 Å². The minimum absolute atomic E-state index is 0.000814. The number of nitrogens with one attached hydrogen (secondary N) is 1. The van der Waals surface area contributed by atoms with E-state index < -0.39 is 4.92 Å². The van der Waals surface area contributed by atoms with E-state index >= 15 is 0 Å². The highest BCUT2D eigenvalue weighted by molar-refractivity contribution is 5.93. The SMILES string of the molecule is O=C(Cc1ccccc1[N+](=O)[O-])Nc1cccc2c1CCCC2. The zero-order valence-corrected chi connectivity index (χ0v) is 12.7. The summed E-state index contributed by atoms with van der Waals surface area (Å²) in [6.45, 7) is 0. The van der Waals surface area contributed by atoms with Crippen LogP contribution in [0.5, 0.6) is 0 Å². The first kappa shape index (κ1) is 15.2. The van der Waals surface area contributed by atoms with Crippen molar-refractivity contribution < 1.29 is 9.72 Å². The third kappa shape index (κ3) is 3.39. The molecule has 2 aromatic carbocycles. The summed E-state index contributed by atoms with van der Waals surface area (Å²) in [7, 11) is 0. The summed E-state index contributed by atoms with van der Waals surface area (Å²) in [5.41, 5.74) is 3.75. The molecule has 0 aromatic heterocycles. The van der Waals surface area contributed by atoms with Gasteiger partial charge >= 0.3 is 0 Å². The summed E-state index contributed by atoms with van der Waals surface area (Å²) in [6.07, 6.45) is 4.33. The Morgan fingerprint density at radius 1 is 1.09 bits per heavy atom. The van der Waals surface area contributed by atoms with E-state index in [1.807, 2.05) is 12.1 Å². The van der Waals surface area contributed by atoms with Gasteiger partial charge < -0.3 is 5.32 Å². The van der Waals surface area contributed by atoms with E-state index in [0.717, 1.165) is 24.9 Å². The van der Waals surface area contributed by atoms with Crippen molar-refractivity contribution in [2.75, 3.05) is 5.32 Å². The second-order valence-electron chi connectivity index (χ2n) is 5.76. The van der Waals surface area contributed by atoms with E-state index in [2.05, 4.69) is 11.4 Å². The molecule has 3 rings (SSSR count). The van der Waals surface area contributed by atoms with Crippen LogP contribution in [0.25, 0.3) is 0 Å². The van der Waals surface area contributed by atoms with E-state index in [1.165, 1.54) is 23.6 Å². The van der Waals surface area contributed by atoms with Crippen LogP contribution in [0.3, 0.4) is 0 Å². The van der Waals surface area contributed by atoms with Gasteiger partial charge in [0.25, 0.3) is 5.69 Å². The van der Waals surface area contributed by atoms with Crippen molar-refractivity contribution in [3.05, 3.63) is 69.3 Å². The molecule has 1 aliphatic rings. The number of hydrogen-bond acceptors (Lipinski definition) is 3. The normalized spacial score (nSPS) is 13.2. The van der Waals surface area contributed by atoms with Crippen LogP contribution in [-0.2, 0) is 24.1 Å². The second-order valence-corrected chi connectivity index (χ2v) is 5.76. The Morgan fingerprint density at radius 2 is 1.87 bits per heavy atom. The average Bonchev–Trinajstić information content (AvgIpc) is 2.55. The Balaban J connectivity index is 1.77. The van der Waals surface area contributed by atoms with E-state index in [0.29, 0.717) is 5.56 Å². The molecule has 2 aromatic rings. The highest BCUT2D eigenvalue weighted by Crippen LogP contribution is 2.28. The number of anilines is 1. The Morgan fingerprint density at radius 3 is 2.70 bits per heavy atom. The van der Waals surface area contributed by atoms with Crippen molar-refractivity contribution in [1.29, 1.82) is 0 Å². The van der Waals surface area contributed by atoms with Gasteiger partial charge in [-0.25, -0.2) is 0 Å². The molecule has 0 spiro atoms. The molecule has 1 N–H and O–H groups in total. The van der Waals surface area contributed by atoms with Crippen LogP contribution in [0, 0.1) is 10.1 Å². The first-order valence-corrected chi connectivity index (χ1v) is 7.78. The summed E-state index contributed by atoms with van der Waals surface area (Å²) in [6, 6.07) is 12.3. The van der Waals surface area contributed by atoms with Crippen LogP contribution in [0.2, 0.25) is 0 Å². The number of para-hydroxylation sites is 1. The van der Waals surface area contributed by atoms with Crippen LogP contribution in [0.15, 0.2) is 42.5 Å². The maximum Gasteiger partial charge on any atom is 0.273 e. The lowest BCUT2D eigenvalue weighted by Crippen LogP contribution is -2.17. The quantitative estimate of drug-likeness (QED) is 0.692. The summed E-state index contributed by atoms with van der Waals surface area (Å²) < 4.78 is 0. The van der Waals surface area contributed by atoms with Crippen LogP contribution < -0.4 is 5.32 Å². The molecule has 0 aliphatic heterocycles. The number of nitro benzene ring substituents is 1. The number of carbonyl (C=O) groups excluding carboxylic acids is 1. The predicted molar refractivity (Wildman–Crippen MR) is 88.5 cm³/mol. The minimum atomic E-state index is -0.451. The fourth-order valence-electron chi connectivity index (χ4n) is 3.10. The highest BCUT2D eigenvalue weighted by atomic mass is 16.6. The molecule has 5 heteroatoms. The molecule has 0 saturated heterocycles. The van der Waals surface area contributed by atoms with Gasteiger partial charge in [0.2, 0.25) is 5.91 Å². The molecule has 0 fully saturated rings. The van der Waals surface area contributed by atoms with Crippen molar-refractivity contribution in [3.8, 4) is 0 Å². The number of amides is 1. The highest BCUT2D eigenvalue weighted by Gasteiger charge is 2.18.